The third-order valence-corrected chi connectivity index (χ3v) is 3.12. The number of rotatable bonds is 12. The molecule has 16 heavy (non-hydrogen) atoms. The zero-order chi connectivity index (χ0) is 11.9. The fourth-order valence-electron chi connectivity index (χ4n) is 1.95. The van der Waals surface area contributed by atoms with Crippen molar-refractivity contribution in [3.63, 3.8) is 0 Å². The molecule has 10 heteroatoms. The maximum atomic E-state index is 2.38. The number of allylic oxidation sites excluding steroid dienone is 1. The van der Waals surface area contributed by atoms with Crippen LogP contribution in [0, 0.1) is 0 Å². The average Bonchev–Trinajstić information content (AvgIpc) is 2.31. The summed E-state index contributed by atoms with van der Waals surface area (Å²) in [5, 5.41) is 0. The first-order valence-electron chi connectivity index (χ1n) is 7.56. The van der Waals surface area contributed by atoms with Crippen LogP contribution in [0.4, 0.5) is 0 Å². The van der Waals surface area contributed by atoms with Gasteiger partial charge >= 0.3 is 0 Å². The molecule has 0 radical (unpaired) electrons. The molecular formula is C6H22B10. The first-order valence-corrected chi connectivity index (χ1v) is 7.56. The molecule has 0 unspecified atom stereocenters. The van der Waals surface area contributed by atoms with Gasteiger partial charge in [-0.05, 0) is 6.42 Å². The summed E-state index contributed by atoms with van der Waals surface area (Å²) in [6.07, 6.45) is 6.33. The normalized spacial score (nSPS) is 9.06. The van der Waals surface area contributed by atoms with Crippen molar-refractivity contribution in [2.75, 3.05) is 0 Å². The van der Waals surface area contributed by atoms with E-state index >= 15 is 0 Å². The summed E-state index contributed by atoms with van der Waals surface area (Å²) in [5.74, 6) is 2.38. The summed E-state index contributed by atoms with van der Waals surface area (Å²) in [7, 11) is 15.0. The fraction of sp³-hybridized carbons (Fsp3) is 0.667. The van der Waals surface area contributed by atoms with Gasteiger partial charge in [-0.25, -0.2) is 0 Å². The minimum atomic E-state index is 1.29. The predicted octanol–water partition coefficient (Wildman–Crippen LogP) is -4.51. The maximum Gasteiger partial charge on any atom is 0.104 e. The lowest BCUT2D eigenvalue weighted by Gasteiger charge is -1.91. The van der Waals surface area contributed by atoms with E-state index in [0.29, 0.717) is 0 Å². The second-order valence-electron chi connectivity index (χ2n) is 4.88. The van der Waals surface area contributed by atoms with Gasteiger partial charge in [0.15, 0.2) is 0 Å². The van der Waals surface area contributed by atoms with Crippen molar-refractivity contribution in [3.8, 4) is 0 Å². The van der Waals surface area contributed by atoms with Crippen LogP contribution in [0.3, 0.4) is 0 Å². The van der Waals surface area contributed by atoms with Crippen LogP contribution in [0.2, 0.25) is 0 Å². The minimum absolute atomic E-state index is 1.29. The lowest BCUT2D eigenvalue weighted by Crippen LogP contribution is -2.31. The molecule has 0 aliphatic carbocycles. The molecule has 0 fully saturated rings. The molecule has 0 aromatic carbocycles. The molecule has 0 nitrogen and oxygen atoms in total. The lowest BCUT2D eigenvalue weighted by atomic mass is 8.89. The fourth-order valence-corrected chi connectivity index (χ4v) is 1.95. The van der Waals surface area contributed by atoms with Crippen molar-refractivity contribution in [2.24, 2.45) is 0 Å². The maximum absolute atomic E-state index is 2.38. The summed E-state index contributed by atoms with van der Waals surface area (Å²) in [6, 6.07) is 0. The van der Waals surface area contributed by atoms with E-state index < -0.39 is 0 Å². The van der Waals surface area contributed by atoms with Gasteiger partial charge in [-0.15, -0.1) is 5.98 Å². The number of hydrogen-bond donors (Lipinski definition) is 0. The molecule has 0 aromatic rings. The van der Waals surface area contributed by atoms with Gasteiger partial charge < -0.3 is 0 Å². The molecule has 0 bridgehead atoms. The number of hydrogen-bond acceptors (Lipinski definition) is 0. The highest BCUT2D eigenvalue weighted by Gasteiger charge is 1.99. The molecule has 0 rings (SSSR count). The van der Waals surface area contributed by atoms with E-state index in [1.165, 1.54) is 82.9 Å². The monoisotopic (exact) mass is 204 g/mol. The molecular weight excluding hydrogens is 180 g/mol. The van der Waals surface area contributed by atoms with Crippen LogP contribution in [0.15, 0.2) is 12.1 Å². The van der Waals surface area contributed by atoms with Crippen LogP contribution in [0.1, 0.15) is 26.2 Å². The summed E-state index contributed by atoms with van der Waals surface area (Å²) in [6.45, 7) is 2.26. The molecule has 76 valence electrons. The van der Waals surface area contributed by atoms with Gasteiger partial charge in [0.05, 0.1) is 14.8 Å². The Morgan fingerprint density at radius 1 is 0.938 bits per heavy atom. The van der Waals surface area contributed by atoms with E-state index in [1.807, 2.05) is 0 Å². The highest BCUT2D eigenvalue weighted by Crippen LogP contribution is 1.93. The Kier molecular flexibility index (Phi) is 15.8. The largest absolute Gasteiger partial charge is 0.133 e. The molecule has 0 saturated heterocycles. The van der Waals surface area contributed by atoms with E-state index in [0.717, 1.165) is 0 Å². The van der Waals surface area contributed by atoms with Crippen molar-refractivity contribution in [1.82, 2.24) is 0 Å². The quantitative estimate of drug-likeness (QED) is 0.221. The zero-order valence-electron chi connectivity index (χ0n) is 11.6. The summed E-state index contributed by atoms with van der Waals surface area (Å²) < 4.78 is 0. The van der Waals surface area contributed by atoms with Crippen LogP contribution in [0.5, 0.6) is 0 Å². The Hall–Kier alpha value is 0.389. The SMILES string of the molecule is BBBBBBBBBB/C=C/CCCC. The molecule has 0 aromatic heterocycles. The van der Waals surface area contributed by atoms with Crippen LogP contribution >= 0.6 is 0 Å². The predicted molar refractivity (Wildman–Crippen MR) is 102 cm³/mol. The minimum Gasteiger partial charge on any atom is -0.133 e. The van der Waals surface area contributed by atoms with Gasteiger partial charge in [0, 0.05) is 49.4 Å². The Balaban J connectivity index is 2.95. The molecule has 0 aliphatic heterocycles. The summed E-state index contributed by atoms with van der Waals surface area (Å²) >= 11 is 0. The van der Waals surface area contributed by atoms with E-state index in [4.69, 9.17) is 0 Å². The molecule has 0 N–H and O–H groups in total. The summed E-state index contributed by atoms with van der Waals surface area (Å²) in [5.41, 5.74) is 0. The molecule has 0 heterocycles. The van der Waals surface area contributed by atoms with Crippen molar-refractivity contribution in [3.05, 3.63) is 12.1 Å². The molecule has 0 spiro atoms. The highest BCUT2D eigenvalue weighted by atomic mass is 13.8. The van der Waals surface area contributed by atoms with Crippen LogP contribution in [-0.4, -0.2) is 71.4 Å². The molecule has 0 amide bonds. The zero-order valence-corrected chi connectivity index (χ0v) is 11.6. The second-order valence-corrected chi connectivity index (χ2v) is 4.88. The van der Waals surface area contributed by atoms with Gasteiger partial charge in [0.2, 0.25) is 0 Å². The number of unbranched alkanes of at least 4 members (excludes halogenated alkanes) is 2. The van der Waals surface area contributed by atoms with Crippen molar-refractivity contribution >= 4 is 71.4 Å². The van der Waals surface area contributed by atoms with Crippen LogP contribution < -0.4 is 0 Å². The second kappa shape index (κ2) is 15.4. The molecule has 0 atom stereocenters. The Bertz CT molecular complexity index is 150. The van der Waals surface area contributed by atoms with Crippen LogP contribution in [0.25, 0.3) is 0 Å². The first kappa shape index (κ1) is 16.4. The topological polar surface area (TPSA) is 0 Å². The van der Waals surface area contributed by atoms with Crippen LogP contribution in [-0.2, 0) is 0 Å². The smallest absolute Gasteiger partial charge is 0.104 e. The van der Waals surface area contributed by atoms with E-state index in [-0.39, 0.29) is 0 Å². The van der Waals surface area contributed by atoms with Gasteiger partial charge in [-0.3, -0.25) is 0 Å². The van der Waals surface area contributed by atoms with E-state index in [1.54, 1.807) is 0 Å². The lowest BCUT2D eigenvalue weighted by molar-refractivity contribution is 0.815. The molecule has 0 aliphatic rings. The van der Waals surface area contributed by atoms with Gasteiger partial charge in [-0.2, -0.15) is 0 Å². The van der Waals surface area contributed by atoms with Crippen molar-refractivity contribution in [2.45, 2.75) is 26.2 Å². The van der Waals surface area contributed by atoms with Gasteiger partial charge in [0.25, 0.3) is 0 Å². The highest BCUT2D eigenvalue weighted by molar-refractivity contribution is 7.68. The first-order chi connectivity index (χ1) is 7.91. The Morgan fingerprint density at radius 2 is 1.56 bits per heavy atom. The van der Waals surface area contributed by atoms with Gasteiger partial charge in [-0.1, -0.05) is 25.8 Å². The summed E-state index contributed by atoms with van der Waals surface area (Å²) in [4.78, 5) is 0. The third-order valence-electron chi connectivity index (χ3n) is 3.12. The van der Waals surface area contributed by atoms with Crippen molar-refractivity contribution < 1.29 is 0 Å². The third kappa shape index (κ3) is 14.4. The Morgan fingerprint density at radius 3 is 2.19 bits per heavy atom. The Labute approximate surface area is 110 Å². The standard InChI is InChI=1S/C6H22B10/c1-2-3-4-5-6-8-10-12-14-16-15-13-11-9-7/h5-6,8-16H,2-4,7H2,1H3/b6-5+. The average molecular weight is 202 g/mol. The van der Waals surface area contributed by atoms with Gasteiger partial charge in [0.1, 0.15) is 7.17 Å². The van der Waals surface area contributed by atoms with Crippen molar-refractivity contribution in [1.29, 1.82) is 0 Å². The van der Waals surface area contributed by atoms with E-state index in [9.17, 15) is 0 Å². The van der Waals surface area contributed by atoms with E-state index in [2.05, 4.69) is 26.7 Å². The molecule has 0 saturated carbocycles.